The topological polar surface area (TPSA) is 64.6 Å². The van der Waals surface area contributed by atoms with Gasteiger partial charge in [-0.25, -0.2) is 9.59 Å². The van der Waals surface area contributed by atoms with Gasteiger partial charge in [0.1, 0.15) is 5.70 Å². The highest BCUT2D eigenvalue weighted by Gasteiger charge is 2.14. The third kappa shape index (κ3) is 3.99. The maximum Gasteiger partial charge on any atom is 0.354 e. The highest BCUT2D eigenvalue weighted by atomic mass is 35.5. The van der Waals surface area contributed by atoms with Gasteiger partial charge in [0, 0.05) is 0 Å². The minimum absolute atomic E-state index is 0.0514. The molecule has 0 aliphatic rings. The van der Waals surface area contributed by atoms with E-state index in [1.807, 2.05) is 13.8 Å². The second-order valence-corrected chi connectivity index (χ2v) is 4.52. The third-order valence-electron chi connectivity index (χ3n) is 2.72. The summed E-state index contributed by atoms with van der Waals surface area (Å²) in [5, 5.41) is 3.22. The largest absolute Gasteiger partial charge is 0.466 e. The van der Waals surface area contributed by atoms with Crippen molar-refractivity contribution in [3.8, 4) is 0 Å². The van der Waals surface area contributed by atoms with Gasteiger partial charge in [-0.1, -0.05) is 11.6 Å². The monoisotopic (exact) mass is 297 g/mol. The number of halogens is 1. The Labute approximate surface area is 122 Å². The van der Waals surface area contributed by atoms with Crippen molar-refractivity contribution in [1.82, 2.24) is 0 Å². The van der Waals surface area contributed by atoms with Crippen molar-refractivity contribution < 1.29 is 19.1 Å². The Morgan fingerprint density at radius 1 is 1.15 bits per heavy atom. The van der Waals surface area contributed by atoms with Crippen LogP contribution in [-0.4, -0.2) is 26.2 Å². The average molecular weight is 298 g/mol. The zero-order valence-corrected chi connectivity index (χ0v) is 12.5. The molecule has 1 N–H and O–H groups in total. The number of esters is 2. The molecule has 0 heterocycles. The molecular formula is C14H16ClNO4. The molecule has 0 spiro atoms. The van der Waals surface area contributed by atoms with Crippen LogP contribution in [0.5, 0.6) is 0 Å². The number of aryl methyl sites for hydroxylation is 2. The Morgan fingerprint density at radius 3 is 2.30 bits per heavy atom. The number of benzene rings is 1. The fourth-order valence-electron chi connectivity index (χ4n) is 1.45. The molecule has 0 radical (unpaired) electrons. The molecule has 20 heavy (non-hydrogen) atoms. The summed E-state index contributed by atoms with van der Waals surface area (Å²) in [6.45, 7) is 3.84. The first-order valence-electron chi connectivity index (χ1n) is 5.80. The number of nitrogens with one attached hydrogen (secondary N) is 1. The number of carbonyl (C=O) groups is 2. The molecule has 0 aromatic heterocycles. The molecule has 0 bridgehead atoms. The summed E-state index contributed by atoms with van der Waals surface area (Å²) in [5.41, 5.74) is 2.48. The van der Waals surface area contributed by atoms with Crippen LogP contribution in [0.15, 0.2) is 23.9 Å². The Balaban J connectivity index is 3.14. The Hall–Kier alpha value is -2.01. The van der Waals surface area contributed by atoms with Crippen LogP contribution in [0.1, 0.15) is 11.1 Å². The first-order valence-corrected chi connectivity index (χ1v) is 6.18. The summed E-state index contributed by atoms with van der Waals surface area (Å²) in [6.07, 6.45) is 1.01. The van der Waals surface area contributed by atoms with Crippen molar-refractivity contribution in [1.29, 1.82) is 0 Å². The maximum absolute atomic E-state index is 11.6. The van der Waals surface area contributed by atoms with E-state index in [1.54, 1.807) is 12.1 Å². The molecular weight excluding hydrogens is 282 g/mol. The van der Waals surface area contributed by atoms with Gasteiger partial charge in [0.2, 0.25) is 0 Å². The van der Waals surface area contributed by atoms with E-state index in [-0.39, 0.29) is 5.70 Å². The van der Waals surface area contributed by atoms with E-state index in [0.717, 1.165) is 17.2 Å². The number of hydrogen-bond acceptors (Lipinski definition) is 5. The van der Waals surface area contributed by atoms with Gasteiger partial charge < -0.3 is 14.8 Å². The average Bonchev–Trinajstić information content (AvgIpc) is 2.42. The lowest BCUT2D eigenvalue weighted by atomic mass is 10.1. The molecule has 0 amide bonds. The fraction of sp³-hybridized carbons (Fsp3) is 0.286. The number of methoxy groups -OCH3 is 2. The van der Waals surface area contributed by atoms with Gasteiger partial charge in [0.15, 0.2) is 0 Å². The van der Waals surface area contributed by atoms with E-state index >= 15 is 0 Å². The predicted octanol–water partition coefficient (Wildman–Crippen LogP) is 2.60. The van der Waals surface area contributed by atoms with Gasteiger partial charge in [-0.3, -0.25) is 0 Å². The lowest BCUT2D eigenvalue weighted by Crippen LogP contribution is -2.15. The number of rotatable bonds is 4. The smallest absolute Gasteiger partial charge is 0.354 e. The van der Waals surface area contributed by atoms with Crippen LogP contribution in [0.3, 0.4) is 0 Å². The fourth-order valence-corrected chi connectivity index (χ4v) is 1.72. The van der Waals surface area contributed by atoms with Crippen LogP contribution in [0.25, 0.3) is 0 Å². The zero-order chi connectivity index (χ0) is 15.3. The van der Waals surface area contributed by atoms with E-state index in [1.165, 1.54) is 14.2 Å². The molecule has 108 valence electrons. The van der Waals surface area contributed by atoms with Crippen molar-refractivity contribution in [2.75, 3.05) is 19.5 Å². The molecule has 0 saturated carbocycles. The number of carbonyl (C=O) groups excluding carboxylic acids is 2. The molecule has 0 aliphatic carbocycles. The third-order valence-corrected chi connectivity index (χ3v) is 3.03. The van der Waals surface area contributed by atoms with Gasteiger partial charge >= 0.3 is 11.9 Å². The summed E-state index contributed by atoms with van der Waals surface area (Å²) in [4.78, 5) is 22.9. The SMILES string of the molecule is COC(=O)/C=C(/Nc1cc(C)c(C)cc1Cl)C(=O)OC. The molecule has 0 atom stereocenters. The van der Waals surface area contributed by atoms with E-state index in [2.05, 4.69) is 14.8 Å². The number of anilines is 1. The molecule has 0 fully saturated rings. The second-order valence-electron chi connectivity index (χ2n) is 4.11. The van der Waals surface area contributed by atoms with Gasteiger partial charge in [-0.05, 0) is 37.1 Å². The van der Waals surface area contributed by atoms with Gasteiger partial charge in [0.25, 0.3) is 0 Å². The lowest BCUT2D eigenvalue weighted by Gasteiger charge is -2.12. The van der Waals surface area contributed by atoms with Crippen molar-refractivity contribution in [2.24, 2.45) is 0 Å². The van der Waals surface area contributed by atoms with Crippen LogP contribution in [0.2, 0.25) is 5.02 Å². The molecule has 5 nitrogen and oxygen atoms in total. The van der Waals surface area contributed by atoms with Crippen molar-refractivity contribution >= 4 is 29.2 Å². The number of ether oxygens (including phenoxy) is 2. The van der Waals surface area contributed by atoms with E-state index in [9.17, 15) is 9.59 Å². The quantitative estimate of drug-likeness (QED) is 0.683. The molecule has 6 heteroatoms. The highest BCUT2D eigenvalue weighted by Crippen LogP contribution is 2.26. The summed E-state index contributed by atoms with van der Waals surface area (Å²) in [6, 6.07) is 3.55. The normalized spacial score (nSPS) is 10.9. The van der Waals surface area contributed by atoms with Crippen LogP contribution in [0, 0.1) is 13.8 Å². The van der Waals surface area contributed by atoms with Gasteiger partial charge in [-0.15, -0.1) is 0 Å². The van der Waals surface area contributed by atoms with Crippen molar-refractivity contribution in [2.45, 2.75) is 13.8 Å². The number of hydrogen-bond donors (Lipinski definition) is 1. The summed E-state index contributed by atoms with van der Waals surface area (Å²) >= 11 is 6.11. The first-order chi connectivity index (χ1) is 9.38. The molecule has 0 aliphatic heterocycles. The van der Waals surface area contributed by atoms with Gasteiger partial charge in [0.05, 0.1) is 31.0 Å². The summed E-state index contributed by atoms with van der Waals surface area (Å²) in [5.74, 6) is -1.36. The zero-order valence-electron chi connectivity index (χ0n) is 11.7. The van der Waals surface area contributed by atoms with Gasteiger partial charge in [-0.2, -0.15) is 0 Å². The Bertz CT molecular complexity index is 567. The van der Waals surface area contributed by atoms with Crippen molar-refractivity contribution in [3.05, 3.63) is 40.1 Å². The summed E-state index contributed by atoms with van der Waals surface area (Å²) in [7, 11) is 2.44. The first kappa shape index (κ1) is 16.0. The van der Waals surface area contributed by atoms with Crippen LogP contribution in [-0.2, 0) is 19.1 Å². The molecule has 1 aromatic rings. The molecule has 1 aromatic carbocycles. The van der Waals surface area contributed by atoms with Crippen LogP contribution >= 0.6 is 11.6 Å². The lowest BCUT2D eigenvalue weighted by molar-refractivity contribution is -0.138. The molecule has 0 saturated heterocycles. The molecule has 1 rings (SSSR count). The van der Waals surface area contributed by atoms with E-state index in [0.29, 0.717) is 10.7 Å². The highest BCUT2D eigenvalue weighted by molar-refractivity contribution is 6.33. The van der Waals surface area contributed by atoms with E-state index in [4.69, 9.17) is 11.6 Å². The van der Waals surface area contributed by atoms with Crippen LogP contribution < -0.4 is 5.32 Å². The maximum atomic E-state index is 11.6. The standard InChI is InChI=1S/C14H16ClNO4/c1-8-5-10(15)11(6-9(8)2)16-12(14(18)20-4)7-13(17)19-3/h5-7,16H,1-4H3/b12-7+. The van der Waals surface area contributed by atoms with E-state index < -0.39 is 11.9 Å². The predicted molar refractivity (Wildman–Crippen MR) is 76.7 cm³/mol. The Kier molecular flexibility index (Phi) is 5.58. The minimum atomic E-state index is -0.690. The van der Waals surface area contributed by atoms with Crippen molar-refractivity contribution in [3.63, 3.8) is 0 Å². The molecule has 0 unspecified atom stereocenters. The summed E-state index contributed by atoms with van der Waals surface area (Å²) < 4.78 is 9.09. The van der Waals surface area contributed by atoms with Crippen LogP contribution in [0.4, 0.5) is 5.69 Å². The minimum Gasteiger partial charge on any atom is -0.466 e. The second kappa shape index (κ2) is 6.96. The Morgan fingerprint density at radius 2 is 1.75 bits per heavy atom.